The summed E-state index contributed by atoms with van der Waals surface area (Å²) in [6.45, 7) is 1.57. The normalized spacial score (nSPS) is 11.4. The zero-order chi connectivity index (χ0) is 23.8. The third-order valence-electron chi connectivity index (χ3n) is 4.77. The molecule has 166 valence electrons. The molecule has 3 aromatic heterocycles. The lowest BCUT2D eigenvalue weighted by molar-refractivity contribution is -0.141. The number of nitriles is 1. The molecule has 0 aliphatic carbocycles. The standard InChI is InChI=1S/C21H14F4N8/c1-11-12(8-26)4-2-6-14(11)20-29-18(17(22)19(27)30-20)15-10-33(32-31-15)9-13-5-3-7-16(28-13)21(23,24)25/h2-7,10H,9H2,1H3,(H2,27,29,30). The first-order chi connectivity index (χ1) is 15.7. The van der Waals surface area contributed by atoms with Crippen molar-refractivity contribution in [3.8, 4) is 28.8 Å². The first-order valence-electron chi connectivity index (χ1n) is 9.44. The zero-order valence-corrected chi connectivity index (χ0v) is 17.0. The maximum atomic E-state index is 14.7. The SMILES string of the molecule is Cc1c(C#N)cccc1-c1nc(N)c(F)c(-c2cn(Cc3cccc(C(F)(F)F)n3)nn2)n1. The zero-order valence-electron chi connectivity index (χ0n) is 17.0. The second-order valence-corrected chi connectivity index (χ2v) is 7.00. The number of halogens is 4. The molecule has 4 rings (SSSR count). The summed E-state index contributed by atoms with van der Waals surface area (Å²) in [6, 6.07) is 10.5. The van der Waals surface area contributed by atoms with E-state index in [9.17, 15) is 22.8 Å². The number of benzene rings is 1. The number of rotatable bonds is 4. The van der Waals surface area contributed by atoms with Crippen LogP contribution in [0.15, 0.2) is 42.6 Å². The minimum atomic E-state index is -4.58. The summed E-state index contributed by atoms with van der Waals surface area (Å²) in [5.41, 5.74) is 6.06. The molecule has 0 spiro atoms. The molecule has 4 aromatic rings. The van der Waals surface area contributed by atoms with Crippen molar-refractivity contribution in [2.45, 2.75) is 19.6 Å². The molecule has 0 atom stereocenters. The fourth-order valence-electron chi connectivity index (χ4n) is 3.13. The minimum absolute atomic E-state index is 0.00363. The topological polar surface area (TPSA) is 119 Å². The van der Waals surface area contributed by atoms with Gasteiger partial charge < -0.3 is 5.73 Å². The molecular weight excluding hydrogens is 440 g/mol. The molecule has 3 heterocycles. The van der Waals surface area contributed by atoms with Crippen molar-refractivity contribution < 1.29 is 17.6 Å². The highest BCUT2D eigenvalue weighted by Gasteiger charge is 2.32. The Hall–Kier alpha value is -4.40. The van der Waals surface area contributed by atoms with Crippen LogP contribution >= 0.6 is 0 Å². The summed E-state index contributed by atoms with van der Waals surface area (Å²) in [6.07, 6.45) is -3.27. The predicted molar refractivity (Wildman–Crippen MR) is 109 cm³/mol. The van der Waals surface area contributed by atoms with E-state index in [1.54, 1.807) is 25.1 Å². The molecule has 0 aliphatic rings. The summed E-state index contributed by atoms with van der Waals surface area (Å²) < 4.78 is 54.6. The van der Waals surface area contributed by atoms with Crippen molar-refractivity contribution in [1.29, 1.82) is 5.26 Å². The molecule has 0 radical (unpaired) electrons. The molecule has 0 saturated carbocycles. The molecule has 12 heteroatoms. The van der Waals surface area contributed by atoms with Crippen LogP contribution in [-0.4, -0.2) is 29.9 Å². The summed E-state index contributed by atoms with van der Waals surface area (Å²) >= 11 is 0. The minimum Gasteiger partial charge on any atom is -0.381 e. The van der Waals surface area contributed by atoms with Crippen molar-refractivity contribution in [3.05, 3.63) is 70.9 Å². The fraction of sp³-hybridized carbons (Fsp3) is 0.143. The van der Waals surface area contributed by atoms with E-state index < -0.39 is 23.5 Å². The number of alkyl halides is 3. The number of hydrogen-bond acceptors (Lipinski definition) is 7. The largest absolute Gasteiger partial charge is 0.433 e. The van der Waals surface area contributed by atoms with Gasteiger partial charge in [-0.3, -0.25) is 0 Å². The van der Waals surface area contributed by atoms with Gasteiger partial charge in [0.2, 0.25) is 0 Å². The van der Waals surface area contributed by atoms with E-state index in [1.807, 2.05) is 0 Å². The van der Waals surface area contributed by atoms with Gasteiger partial charge in [0.25, 0.3) is 0 Å². The summed E-state index contributed by atoms with van der Waals surface area (Å²) in [7, 11) is 0. The lowest BCUT2D eigenvalue weighted by Gasteiger charge is -2.09. The van der Waals surface area contributed by atoms with E-state index in [0.717, 1.165) is 6.07 Å². The average molecular weight is 454 g/mol. The molecule has 8 nitrogen and oxygen atoms in total. The highest BCUT2D eigenvalue weighted by atomic mass is 19.4. The Balaban J connectivity index is 1.70. The second-order valence-electron chi connectivity index (χ2n) is 7.00. The quantitative estimate of drug-likeness (QED) is 0.466. The van der Waals surface area contributed by atoms with Crippen LogP contribution < -0.4 is 5.73 Å². The van der Waals surface area contributed by atoms with Gasteiger partial charge in [-0.05, 0) is 30.7 Å². The summed E-state index contributed by atoms with van der Waals surface area (Å²) in [5, 5.41) is 16.9. The molecule has 0 saturated heterocycles. The third kappa shape index (κ3) is 4.33. The molecule has 0 amide bonds. The fourth-order valence-corrected chi connectivity index (χ4v) is 3.13. The monoisotopic (exact) mass is 454 g/mol. The van der Waals surface area contributed by atoms with Crippen molar-refractivity contribution >= 4 is 5.82 Å². The van der Waals surface area contributed by atoms with Crippen LogP contribution in [0, 0.1) is 24.1 Å². The Kier molecular flexibility index (Phi) is 5.47. The van der Waals surface area contributed by atoms with Crippen LogP contribution in [0.3, 0.4) is 0 Å². The number of hydrogen-bond donors (Lipinski definition) is 1. The van der Waals surface area contributed by atoms with Crippen LogP contribution in [0.5, 0.6) is 0 Å². The number of nitrogen functional groups attached to an aromatic ring is 1. The van der Waals surface area contributed by atoms with E-state index in [0.29, 0.717) is 16.7 Å². The molecule has 2 N–H and O–H groups in total. The van der Waals surface area contributed by atoms with Gasteiger partial charge in [0.05, 0.1) is 30.1 Å². The Labute approximate surface area is 184 Å². The Bertz CT molecular complexity index is 1390. The van der Waals surface area contributed by atoms with Crippen molar-refractivity contribution in [1.82, 2.24) is 29.9 Å². The van der Waals surface area contributed by atoms with E-state index in [-0.39, 0.29) is 29.5 Å². The van der Waals surface area contributed by atoms with Crippen molar-refractivity contribution in [2.24, 2.45) is 0 Å². The van der Waals surface area contributed by atoms with Crippen LogP contribution in [-0.2, 0) is 12.7 Å². The average Bonchev–Trinajstić information content (AvgIpc) is 3.23. The van der Waals surface area contributed by atoms with Crippen LogP contribution in [0.4, 0.5) is 23.4 Å². The number of nitrogens with zero attached hydrogens (tertiary/aromatic N) is 7. The van der Waals surface area contributed by atoms with Gasteiger partial charge in [-0.1, -0.05) is 23.4 Å². The second kappa shape index (κ2) is 8.27. The molecule has 0 bridgehead atoms. The van der Waals surface area contributed by atoms with E-state index >= 15 is 0 Å². The van der Waals surface area contributed by atoms with Gasteiger partial charge in [-0.25, -0.2) is 24.0 Å². The molecule has 0 unspecified atom stereocenters. The molecular formula is C21H14F4N8. The highest BCUT2D eigenvalue weighted by molar-refractivity contribution is 5.69. The van der Waals surface area contributed by atoms with Crippen molar-refractivity contribution in [3.63, 3.8) is 0 Å². The van der Waals surface area contributed by atoms with Gasteiger partial charge in [-0.2, -0.15) is 18.4 Å². The van der Waals surface area contributed by atoms with Gasteiger partial charge in [0.1, 0.15) is 17.1 Å². The predicted octanol–water partition coefficient (Wildman–Crippen LogP) is 3.77. The van der Waals surface area contributed by atoms with Crippen LogP contribution in [0.1, 0.15) is 22.5 Å². The summed E-state index contributed by atoms with van der Waals surface area (Å²) in [4.78, 5) is 11.8. The first-order valence-corrected chi connectivity index (χ1v) is 9.44. The molecule has 0 fully saturated rings. The van der Waals surface area contributed by atoms with Gasteiger partial charge in [-0.15, -0.1) is 5.10 Å². The lowest BCUT2D eigenvalue weighted by atomic mass is 10.0. The van der Waals surface area contributed by atoms with E-state index in [4.69, 9.17) is 5.73 Å². The lowest BCUT2D eigenvalue weighted by Crippen LogP contribution is -2.11. The molecule has 33 heavy (non-hydrogen) atoms. The highest BCUT2D eigenvalue weighted by Crippen LogP contribution is 2.29. The van der Waals surface area contributed by atoms with Gasteiger partial charge in [0.15, 0.2) is 17.5 Å². The number of pyridine rings is 1. The maximum absolute atomic E-state index is 14.7. The summed E-state index contributed by atoms with van der Waals surface area (Å²) in [5.74, 6) is -1.25. The smallest absolute Gasteiger partial charge is 0.381 e. The van der Waals surface area contributed by atoms with E-state index in [1.165, 1.54) is 23.0 Å². The molecule has 1 aromatic carbocycles. The Morgan fingerprint density at radius 1 is 1.09 bits per heavy atom. The molecule has 0 aliphatic heterocycles. The van der Waals surface area contributed by atoms with Crippen LogP contribution in [0.25, 0.3) is 22.8 Å². The Morgan fingerprint density at radius 3 is 2.58 bits per heavy atom. The number of nitrogens with two attached hydrogens (primary N) is 1. The number of aromatic nitrogens is 6. The van der Waals surface area contributed by atoms with Crippen molar-refractivity contribution in [2.75, 3.05) is 5.73 Å². The Morgan fingerprint density at radius 2 is 1.85 bits per heavy atom. The van der Waals surface area contributed by atoms with E-state index in [2.05, 4.69) is 31.3 Å². The first kappa shape index (κ1) is 21.8. The maximum Gasteiger partial charge on any atom is 0.433 e. The van der Waals surface area contributed by atoms with Crippen LogP contribution in [0.2, 0.25) is 0 Å². The third-order valence-corrected chi connectivity index (χ3v) is 4.77. The van der Waals surface area contributed by atoms with Gasteiger partial charge in [0, 0.05) is 5.56 Å². The van der Waals surface area contributed by atoms with Gasteiger partial charge >= 0.3 is 6.18 Å². The number of anilines is 1.